The highest BCUT2D eigenvalue weighted by atomic mass is 16.5. The maximum atomic E-state index is 12.0. The number of aryl methyl sites for hydroxylation is 1. The summed E-state index contributed by atoms with van der Waals surface area (Å²) < 4.78 is 6.82. The summed E-state index contributed by atoms with van der Waals surface area (Å²) in [7, 11) is 1.50. The van der Waals surface area contributed by atoms with Crippen LogP contribution in [0, 0.1) is 0 Å². The normalized spacial score (nSPS) is 11.8. The minimum Gasteiger partial charge on any atom is -0.504 e. The van der Waals surface area contributed by atoms with Gasteiger partial charge in [0.15, 0.2) is 11.5 Å². The number of hydrogen-bond acceptors (Lipinski definition) is 5. The third kappa shape index (κ3) is 2.47. The maximum absolute atomic E-state index is 12.0. The zero-order chi connectivity index (χ0) is 14.4. The number of benzene rings is 1. The van der Waals surface area contributed by atoms with Crippen molar-refractivity contribution in [2.75, 3.05) is 0 Å². The van der Waals surface area contributed by atoms with Gasteiger partial charge in [-0.25, -0.2) is 4.68 Å². The SMILES string of the molecule is Cn1nc(OC(C)(C)C)c2cc(O)c(O)cc2c1=O. The van der Waals surface area contributed by atoms with E-state index in [-0.39, 0.29) is 28.3 Å². The minimum atomic E-state index is -0.495. The topological polar surface area (TPSA) is 84.6 Å². The standard InChI is InChI=1S/C13H16N2O4/c1-13(2,3)19-11-7-5-9(16)10(17)6-8(7)12(18)15(4)14-11/h5-6,16-17H,1-4H3. The summed E-state index contributed by atoms with van der Waals surface area (Å²) in [5.74, 6) is -0.432. The van der Waals surface area contributed by atoms with Crippen LogP contribution in [0.5, 0.6) is 17.4 Å². The number of ether oxygens (including phenoxy) is 1. The molecule has 0 saturated carbocycles. The Morgan fingerprint density at radius 1 is 1.16 bits per heavy atom. The Kier molecular flexibility index (Phi) is 2.88. The van der Waals surface area contributed by atoms with E-state index >= 15 is 0 Å². The third-order valence-electron chi connectivity index (χ3n) is 2.51. The molecule has 0 fully saturated rings. The molecule has 0 saturated heterocycles. The summed E-state index contributed by atoms with van der Waals surface area (Å²) in [5, 5.41) is 23.7. The monoisotopic (exact) mass is 264 g/mol. The molecule has 0 aliphatic heterocycles. The lowest BCUT2D eigenvalue weighted by Gasteiger charge is -2.21. The van der Waals surface area contributed by atoms with Gasteiger partial charge in [0, 0.05) is 7.05 Å². The molecule has 2 rings (SSSR count). The molecule has 0 spiro atoms. The second kappa shape index (κ2) is 4.15. The maximum Gasteiger partial charge on any atom is 0.274 e. The van der Waals surface area contributed by atoms with Crippen LogP contribution in [0.4, 0.5) is 0 Å². The van der Waals surface area contributed by atoms with Crippen molar-refractivity contribution < 1.29 is 14.9 Å². The summed E-state index contributed by atoms with van der Waals surface area (Å²) in [5.41, 5.74) is -0.864. The van der Waals surface area contributed by atoms with Crippen molar-refractivity contribution in [1.29, 1.82) is 0 Å². The Labute approximate surface area is 109 Å². The predicted molar refractivity (Wildman–Crippen MR) is 70.7 cm³/mol. The number of phenols is 2. The van der Waals surface area contributed by atoms with Crippen molar-refractivity contribution in [3.8, 4) is 17.4 Å². The van der Waals surface area contributed by atoms with Gasteiger partial charge in [-0.3, -0.25) is 4.79 Å². The molecule has 0 bridgehead atoms. The van der Waals surface area contributed by atoms with Crippen LogP contribution in [-0.4, -0.2) is 25.6 Å². The predicted octanol–water partition coefficient (Wildman–Crippen LogP) is 1.52. The first kappa shape index (κ1) is 13.2. The van der Waals surface area contributed by atoms with Gasteiger partial charge < -0.3 is 14.9 Å². The molecule has 19 heavy (non-hydrogen) atoms. The lowest BCUT2D eigenvalue weighted by Crippen LogP contribution is -2.27. The van der Waals surface area contributed by atoms with E-state index in [0.29, 0.717) is 5.39 Å². The van der Waals surface area contributed by atoms with E-state index in [1.807, 2.05) is 20.8 Å². The molecule has 0 atom stereocenters. The minimum absolute atomic E-state index is 0.236. The van der Waals surface area contributed by atoms with Gasteiger partial charge >= 0.3 is 0 Å². The van der Waals surface area contributed by atoms with Gasteiger partial charge in [0.05, 0.1) is 10.8 Å². The molecule has 0 radical (unpaired) electrons. The van der Waals surface area contributed by atoms with Gasteiger partial charge in [-0.05, 0) is 32.9 Å². The van der Waals surface area contributed by atoms with Crippen LogP contribution in [-0.2, 0) is 7.05 Å². The second-order valence-electron chi connectivity index (χ2n) is 5.33. The highest BCUT2D eigenvalue weighted by Crippen LogP contribution is 2.33. The first-order valence-electron chi connectivity index (χ1n) is 5.81. The van der Waals surface area contributed by atoms with Crippen molar-refractivity contribution >= 4 is 10.8 Å². The second-order valence-corrected chi connectivity index (χ2v) is 5.33. The van der Waals surface area contributed by atoms with Crippen LogP contribution in [0.1, 0.15) is 20.8 Å². The van der Waals surface area contributed by atoms with Crippen LogP contribution in [0.25, 0.3) is 10.8 Å². The number of aromatic nitrogens is 2. The number of nitrogens with zero attached hydrogens (tertiary/aromatic N) is 2. The fourth-order valence-corrected chi connectivity index (χ4v) is 1.71. The number of hydrogen-bond donors (Lipinski definition) is 2. The summed E-state index contributed by atoms with van der Waals surface area (Å²) in [4.78, 5) is 12.0. The lowest BCUT2D eigenvalue weighted by atomic mass is 10.1. The third-order valence-corrected chi connectivity index (χ3v) is 2.51. The van der Waals surface area contributed by atoms with E-state index in [0.717, 1.165) is 4.68 Å². The van der Waals surface area contributed by atoms with Gasteiger partial charge in [0.2, 0.25) is 5.88 Å². The number of phenolic OH excluding ortho intramolecular Hbond substituents is 2. The number of rotatable bonds is 1. The fourth-order valence-electron chi connectivity index (χ4n) is 1.71. The van der Waals surface area contributed by atoms with Gasteiger partial charge in [0.25, 0.3) is 5.56 Å². The molecule has 1 aromatic carbocycles. The van der Waals surface area contributed by atoms with Gasteiger partial charge in [0.1, 0.15) is 5.60 Å². The molecule has 0 amide bonds. The van der Waals surface area contributed by atoms with E-state index in [9.17, 15) is 15.0 Å². The summed E-state index contributed by atoms with van der Waals surface area (Å²) in [6.07, 6.45) is 0. The number of fused-ring (bicyclic) bond motifs is 1. The molecule has 6 heteroatoms. The highest BCUT2D eigenvalue weighted by molar-refractivity contribution is 5.89. The van der Waals surface area contributed by atoms with Crippen molar-refractivity contribution in [1.82, 2.24) is 9.78 Å². The Hall–Kier alpha value is -2.24. The van der Waals surface area contributed by atoms with Crippen molar-refractivity contribution in [3.63, 3.8) is 0 Å². The van der Waals surface area contributed by atoms with E-state index in [1.54, 1.807) is 0 Å². The summed E-state index contributed by atoms with van der Waals surface area (Å²) in [6, 6.07) is 2.49. The van der Waals surface area contributed by atoms with Gasteiger partial charge in [-0.15, -0.1) is 5.10 Å². The fraction of sp³-hybridized carbons (Fsp3) is 0.385. The molecule has 0 aliphatic rings. The molecule has 6 nitrogen and oxygen atoms in total. The first-order valence-corrected chi connectivity index (χ1v) is 5.81. The Morgan fingerprint density at radius 3 is 2.21 bits per heavy atom. The lowest BCUT2D eigenvalue weighted by molar-refractivity contribution is 0.123. The molecule has 2 N–H and O–H groups in total. The van der Waals surface area contributed by atoms with E-state index in [2.05, 4.69) is 5.10 Å². The van der Waals surface area contributed by atoms with Gasteiger partial charge in [-0.1, -0.05) is 0 Å². The molecular weight excluding hydrogens is 248 g/mol. The molecule has 0 unspecified atom stereocenters. The van der Waals surface area contributed by atoms with Crippen molar-refractivity contribution in [3.05, 3.63) is 22.5 Å². The summed E-state index contributed by atoms with van der Waals surface area (Å²) >= 11 is 0. The first-order chi connectivity index (χ1) is 8.69. The molecular formula is C13H16N2O4. The van der Waals surface area contributed by atoms with Crippen LogP contribution in [0.15, 0.2) is 16.9 Å². The quantitative estimate of drug-likeness (QED) is 0.763. The Morgan fingerprint density at radius 2 is 1.68 bits per heavy atom. The number of aromatic hydroxyl groups is 2. The van der Waals surface area contributed by atoms with Crippen LogP contribution >= 0.6 is 0 Å². The zero-order valence-electron chi connectivity index (χ0n) is 11.3. The molecule has 2 aromatic rings. The molecule has 102 valence electrons. The summed E-state index contributed by atoms with van der Waals surface area (Å²) in [6.45, 7) is 5.56. The van der Waals surface area contributed by atoms with E-state index < -0.39 is 5.60 Å². The highest BCUT2D eigenvalue weighted by Gasteiger charge is 2.19. The zero-order valence-corrected chi connectivity index (χ0v) is 11.3. The van der Waals surface area contributed by atoms with Crippen LogP contribution < -0.4 is 10.3 Å². The Bertz CT molecular complexity index is 698. The molecule has 1 heterocycles. The van der Waals surface area contributed by atoms with Crippen molar-refractivity contribution in [2.45, 2.75) is 26.4 Å². The molecule has 1 aromatic heterocycles. The van der Waals surface area contributed by atoms with Gasteiger partial charge in [-0.2, -0.15) is 0 Å². The van der Waals surface area contributed by atoms with E-state index in [4.69, 9.17) is 4.74 Å². The molecule has 0 aliphatic carbocycles. The largest absolute Gasteiger partial charge is 0.504 e. The average molecular weight is 264 g/mol. The van der Waals surface area contributed by atoms with Crippen LogP contribution in [0.2, 0.25) is 0 Å². The van der Waals surface area contributed by atoms with Crippen LogP contribution in [0.3, 0.4) is 0 Å². The van der Waals surface area contributed by atoms with E-state index in [1.165, 1.54) is 19.2 Å². The van der Waals surface area contributed by atoms with Crippen molar-refractivity contribution in [2.24, 2.45) is 7.05 Å². The Balaban J connectivity index is 2.81. The average Bonchev–Trinajstić information content (AvgIpc) is 2.26. The smallest absolute Gasteiger partial charge is 0.274 e.